The maximum absolute atomic E-state index is 5.65. The van der Waals surface area contributed by atoms with Gasteiger partial charge in [-0.05, 0) is 30.9 Å². The molecule has 1 aliphatic rings. The third-order valence-electron chi connectivity index (χ3n) is 3.90. The number of furan rings is 1. The second-order valence-electron chi connectivity index (χ2n) is 5.22. The Morgan fingerprint density at radius 3 is 2.82 bits per heavy atom. The summed E-state index contributed by atoms with van der Waals surface area (Å²) in [5, 5.41) is 0. The minimum Gasteiger partial charge on any atom is -0.469 e. The molecule has 1 aromatic heterocycles. The number of nitrogens with two attached hydrogens (primary N) is 1. The molecule has 1 saturated carbocycles. The molecule has 3 N–H and O–H groups in total. The Kier molecular flexibility index (Phi) is 5.08. The van der Waals surface area contributed by atoms with Gasteiger partial charge in [0.1, 0.15) is 5.76 Å². The lowest BCUT2D eigenvalue weighted by atomic mass is 9.84. The van der Waals surface area contributed by atoms with Crippen LogP contribution in [-0.4, -0.2) is 6.04 Å². The molecule has 0 amide bonds. The molecule has 0 spiro atoms. The van der Waals surface area contributed by atoms with E-state index in [2.05, 4.69) is 5.43 Å². The van der Waals surface area contributed by atoms with Crippen LogP contribution in [0.2, 0.25) is 0 Å². The van der Waals surface area contributed by atoms with Gasteiger partial charge in [0.05, 0.1) is 6.26 Å². The number of hydrazine groups is 1. The Morgan fingerprint density at radius 1 is 1.35 bits per heavy atom. The SMILES string of the molecule is NNC(CCc1ccco1)CC1CCCCC1. The van der Waals surface area contributed by atoms with Crippen LogP contribution in [0.3, 0.4) is 0 Å². The summed E-state index contributed by atoms with van der Waals surface area (Å²) in [6.45, 7) is 0. The molecule has 3 heteroatoms. The van der Waals surface area contributed by atoms with Gasteiger partial charge in [-0.15, -0.1) is 0 Å². The maximum atomic E-state index is 5.65. The van der Waals surface area contributed by atoms with E-state index >= 15 is 0 Å². The number of hydrogen-bond donors (Lipinski definition) is 2. The van der Waals surface area contributed by atoms with Gasteiger partial charge in [-0.2, -0.15) is 0 Å². The van der Waals surface area contributed by atoms with Crippen molar-refractivity contribution in [3.63, 3.8) is 0 Å². The minimum absolute atomic E-state index is 0.434. The predicted octanol–water partition coefficient (Wildman–Crippen LogP) is 3.01. The highest BCUT2D eigenvalue weighted by Crippen LogP contribution is 2.28. The molecular formula is C14H24N2O. The molecule has 1 atom stereocenters. The molecule has 1 aromatic rings. The van der Waals surface area contributed by atoms with Crippen molar-refractivity contribution in [3.05, 3.63) is 24.2 Å². The standard InChI is InChI=1S/C14H24N2O/c15-16-13(8-9-14-7-4-10-17-14)11-12-5-2-1-3-6-12/h4,7,10,12-13,16H,1-3,5-6,8-9,11,15H2. The zero-order valence-electron chi connectivity index (χ0n) is 10.5. The molecule has 0 aliphatic heterocycles. The lowest BCUT2D eigenvalue weighted by Gasteiger charge is -2.26. The molecular weight excluding hydrogens is 212 g/mol. The quantitative estimate of drug-likeness (QED) is 0.589. The summed E-state index contributed by atoms with van der Waals surface area (Å²) < 4.78 is 5.35. The zero-order chi connectivity index (χ0) is 11.9. The van der Waals surface area contributed by atoms with Crippen molar-refractivity contribution in [2.75, 3.05) is 0 Å². The van der Waals surface area contributed by atoms with Crippen molar-refractivity contribution >= 4 is 0 Å². The molecule has 2 rings (SSSR count). The normalized spacial score (nSPS) is 19.4. The van der Waals surface area contributed by atoms with Gasteiger partial charge < -0.3 is 4.42 Å². The van der Waals surface area contributed by atoms with E-state index in [4.69, 9.17) is 10.3 Å². The number of hydrogen-bond acceptors (Lipinski definition) is 3. The van der Waals surface area contributed by atoms with E-state index in [1.54, 1.807) is 6.26 Å². The Hall–Kier alpha value is -0.800. The van der Waals surface area contributed by atoms with Crippen LogP contribution in [0.15, 0.2) is 22.8 Å². The molecule has 1 aliphatic carbocycles. The van der Waals surface area contributed by atoms with Gasteiger partial charge in [0.2, 0.25) is 0 Å². The number of rotatable bonds is 6. The second-order valence-corrected chi connectivity index (χ2v) is 5.22. The molecule has 1 fully saturated rings. The van der Waals surface area contributed by atoms with Crippen LogP contribution in [-0.2, 0) is 6.42 Å². The summed E-state index contributed by atoms with van der Waals surface area (Å²) in [7, 11) is 0. The summed E-state index contributed by atoms with van der Waals surface area (Å²) in [5.74, 6) is 7.59. The van der Waals surface area contributed by atoms with E-state index in [0.29, 0.717) is 6.04 Å². The first kappa shape index (κ1) is 12.7. The van der Waals surface area contributed by atoms with Crippen LogP contribution in [0.1, 0.15) is 50.7 Å². The van der Waals surface area contributed by atoms with Crippen LogP contribution in [0.5, 0.6) is 0 Å². The summed E-state index contributed by atoms with van der Waals surface area (Å²) >= 11 is 0. The summed E-state index contributed by atoms with van der Waals surface area (Å²) in [4.78, 5) is 0. The van der Waals surface area contributed by atoms with Gasteiger partial charge in [0.15, 0.2) is 0 Å². The first-order chi connectivity index (χ1) is 8.38. The van der Waals surface area contributed by atoms with Gasteiger partial charge in [0, 0.05) is 12.5 Å². The molecule has 1 heterocycles. The van der Waals surface area contributed by atoms with E-state index in [1.165, 1.54) is 38.5 Å². The van der Waals surface area contributed by atoms with Gasteiger partial charge in [-0.3, -0.25) is 11.3 Å². The largest absolute Gasteiger partial charge is 0.469 e. The van der Waals surface area contributed by atoms with Gasteiger partial charge in [-0.25, -0.2) is 0 Å². The fraction of sp³-hybridized carbons (Fsp3) is 0.714. The minimum atomic E-state index is 0.434. The first-order valence-corrected chi connectivity index (χ1v) is 6.87. The van der Waals surface area contributed by atoms with E-state index in [1.807, 2.05) is 12.1 Å². The molecule has 96 valence electrons. The second kappa shape index (κ2) is 6.82. The van der Waals surface area contributed by atoms with Gasteiger partial charge >= 0.3 is 0 Å². The van der Waals surface area contributed by atoms with E-state index < -0.39 is 0 Å². The molecule has 0 radical (unpaired) electrons. The average Bonchev–Trinajstić information content (AvgIpc) is 2.89. The summed E-state index contributed by atoms with van der Waals surface area (Å²) in [6, 6.07) is 4.42. The highest BCUT2D eigenvalue weighted by Gasteiger charge is 2.18. The molecule has 0 aromatic carbocycles. The zero-order valence-corrected chi connectivity index (χ0v) is 10.5. The third-order valence-corrected chi connectivity index (χ3v) is 3.90. The molecule has 17 heavy (non-hydrogen) atoms. The molecule has 0 saturated heterocycles. The van der Waals surface area contributed by atoms with Crippen molar-refractivity contribution in [1.29, 1.82) is 0 Å². The first-order valence-electron chi connectivity index (χ1n) is 6.87. The van der Waals surface area contributed by atoms with Crippen molar-refractivity contribution in [2.24, 2.45) is 11.8 Å². The van der Waals surface area contributed by atoms with Crippen molar-refractivity contribution < 1.29 is 4.42 Å². The van der Waals surface area contributed by atoms with Crippen molar-refractivity contribution in [2.45, 2.75) is 57.4 Å². The summed E-state index contributed by atoms with van der Waals surface area (Å²) in [6.07, 6.45) is 12.0. The Balaban J connectivity index is 1.72. The van der Waals surface area contributed by atoms with Crippen LogP contribution >= 0.6 is 0 Å². The number of nitrogens with one attached hydrogen (secondary N) is 1. The lowest BCUT2D eigenvalue weighted by molar-refractivity contribution is 0.289. The van der Waals surface area contributed by atoms with Crippen LogP contribution in [0.25, 0.3) is 0 Å². The Morgan fingerprint density at radius 2 is 2.18 bits per heavy atom. The average molecular weight is 236 g/mol. The van der Waals surface area contributed by atoms with Crippen LogP contribution in [0, 0.1) is 5.92 Å². The van der Waals surface area contributed by atoms with Crippen LogP contribution in [0.4, 0.5) is 0 Å². The van der Waals surface area contributed by atoms with E-state index in [0.717, 1.165) is 24.5 Å². The van der Waals surface area contributed by atoms with Crippen molar-refractivity contribution in [3.8, 4) is 0 Å². The topological polar surface area (TPSA) is 51.2 Å². The Bertz CT molecular complexity index is 291. The fourth-order valence-corrected chi connectivity index (χ4v) is 2.87. The highest BCUT2D eigenvalue weighted by molar-refractivity contribution is 4.98. The highest BCUT2D eigenvalue weighted by atomic mass is 16.3. The molecule has 1 unspecified atom stereocenters. The fourth-order valence-electron chi connectivity index (χ4n) is 2.87. The summed E-state index contributed by atoms with van der Waals surface area (Å²) in [5.41, 5.74) is 2.97. The lowest BCUT2D eigenvalue weighted by Crippen LogP contribution is -2.37. The van der Waals surface area contributed by atoms with Gasteiger partial charge in [0.25, 0.3) is 0 Å². The monoisotopic (exact) mass is 236 g/mol. The van der Waals surface area contributed by atoms with E-state index in [9.17, 15) is 0 Å². The number of aryl methyl sites for hydroxylation is 1. The van der Waals surface area contributed by atoms with Crippen molar-refractivity contribution in [1.82, 2.24) is 5.43 Å². The maximum Gasteiger partial charge on any atom is 0.103 e. The smallest absolute Gasteiger partial charge is 0.103 e. The van der Waals surface area contributed by atoms with Gasteiger partial charge in [-0.1, -0.05) is 32.1 Å². The predicted molar refractivity (Wildman–Crippen MR) is 69.3 cm³/mol. The van der Waals surface area contributed by atoms with E-state index in [-0.39, 0.29) is 0 Å². The molecule has 0 bridgehead atoms. The van der Waals surface area contributed by atoms with Crippen LogP contribution < -0.4 is 11.3 Å². The molecule has 3 nitrogen and oxygen atoms in total. The third kappa shape index (κ3) is 4.17. The Labute approximate surface area is 104 Å².